The number of imide groups is 1. The van der Waals surface area contributed by atoms with Gasteiger partial charge in [-0.15, -0.1) is 0 Å². The first-order chi connectivity index (χ1) is 5.25. The van der Waals surface area contributed by atoms with E-state index in [1.54, 1.807) is 0 Å². The van der Waals surface area contributed by atoms with E-state index in [4.69, 9.17) is 5.11 Å². The maximum Gasteiger partial charge on any atom is 0.288 e. The van der Waals surface area contributed by atoms with Crippen LogP contribution in [-0.4, -0.2) is 40.1 Å². The first-order valence-electron chi connectivity index (χ1n) is 3.33. The summed E-state index contributed by atoms with van der Waals surface area (Å²) in [6, 6.07) is 0. The van der Waals surface area contributed by atoms with Crippen LogP contribution in [0, 0.1) is 0 Å². The molecule has 0 bridgehead atoms. The number of amides is 2. The summed E-state index contributed by atoms with van der Waals surface area (Å²) in [4.78, 5) is 23.0. The van der Waals surface area contributed by atoms with Crippen molar-refractivity contribution in [2.75, 3.05) is 18.9 Å². The molecular formula is C6H9NO3S. The van der Waals surface area contributed by atoms with Crippen molar-refractivity contribution in [3.05, 3.63) is 0 Å². The molecule has 1 saturated heterocycles. The highest BCUT2D eigenvalue weighted by molar-refractivity contribution is 8.14. The molecule has 1 fully saturated rings. The van der Waals surface area contributed by atoms with Crippen molar-refractivity contribution in [1.82, 2.24) is 4.90 Å². The number of hydrogen-bond acceptors (Lipinski definition) is 4. The molecule has 1 heterocycles. The van der Waals surface area contributed by atoms with E-state index in [1.807, 2.05) is 0 Å². The van der Waals surface area contributed by atoms with Crippen LogP contribution in [0.1, 0.15) is 6.42 Å². The second-order valence-electron chi connectivity index (χ2n) is 2.18. The average molecular weight is 175 g/mol. The third-order valence-corrected chi connectivity index (χ3v) is 2.24. The number of hydrogen-bond donors (Lipinski definition) is 1. The number of nitrogens with zero attached hydrogens (tertiary/aromatic N) is 1. The molecule has 0 radical (unpaired) electrons. The van der Waals surface area contributed by atoms with Crippen LogP contribution in [0.3, 0.4) is 0 Å². The molecule has 5 heteroatoms. The fourth-order valence-electron chi connectivity index (χ4n) is 0.826. The minimum Gasteiger partial charge on any atom is -0.396 e. The molecule has 11 heavy (non-hydrogen) atoms. The molecule has 0 unspecified atom stereocenters. The Balaban J connectivity index is 2.41. The third-order valence-electron chi connectivity index (χ3n) is 1.38. The van der Waals surface area contributed by atoms with Gasteiger partial charge in [-0.25, -0.2) is 0 Å². The van der Waals surface area contributed by atoms with Gasteiger partial charge in [0, 0.05) is 13.2 Å². The summed E-state index contributed by atoms with van der Waals surface area (Å²) < 4.78 is 0. The van der Waals surface area contributed by atoms with Gasteiger partial charge in [-0.2, -0.15) is 0 Å². The van der Waals surface area contributed by atoms with E-state index in [-0.39, 0.29) is 23.5 Å². The Labute approximate surface area is 68.6 Å². The van der Waals surface area contributed by atoms with Crippen molar-refractivity contribution < 1.29 is 14.7 Å². The number of carbonyl (C=O) groups excluding carboxylic acids is 2. The van der Waals surface area contributed by atoms with Gasteiger partial charge in [0.15, 0.2) is 0 Å². The van der Waals surface area contributed by atoms with E-state index in [0.717, 1.165) is 11.8 Å². The van der Waals surface area contributed by atoms with E-state index in [1.165, 1.54) is 4.90 Å². The number of aliphatic hydroxyl groups is 1. The molecule has 1 aliphatic rings. The molecule has 2 amide bonds. The quantitative estimate of drug-likeness (QED) is 0.659. The maximum absolute atomic E-state index is 10.9. The molecule has 0 aromatic rings. The van der Waals surface area contributed by atoms with Crippen molar-refractivity contribution in [1.29, 1.82) is 0 Å². The van der Waals surface area contributed by atoms with Crippen molar-refractivity contribution in [2.45, 2.75) is 6.42 Å². The summed E-state index contributed by atoms with van der Waals surface area (Å²) in [5.41, 5.74) is 0. The van der Waals surface area contributed by atoms with E-state index >= 15 is 0 Å². The van der Waals surface area contributed by atoms with Gasteiger partial charge in [0.1, 0.15) is 0 Å². The fourth-order valence-corrected chi connectivity index (χ4v) is 1.58. The predicted molar refractivity (Wildman–Crippen MR) is 41.3 cm³/mol. The number of thioether (sulfide) groups is 1. The molecule has 0 aliphatic carbocycles. The molecule has 1 rings (SSSR count). The zero-order valence-corrected chi connectivity index (χ0v) is 6.76. The van der Waals surface area contributed by atoms with Crippen molar-refractivity contribution >= 4 is 22.9 Å². The van der Waals surface area contributed by atoms with Crippen LogP contribution in [0.2, 0.25) is 0 Å². The summed E-state index contributed by atoms with van der Waals surface area (Å²) in [6.45, 7) is 0.364. The van der Waals surface area contributed by atoms with Gasteiger partial charge in [-0.3, -0.25) is 14.5 Å². The van der Waals surface area contributed by atoms with Crippen molar-refractivity contribution in [3.8, 4) is 0 Å². The van der Waals surface area contributed by atoms with Crippen LogP contribution in [0.25, 0.3) is 0 Å². The first kappa shape index (κ1) is 8.55. The van der Waals surface area contributed by atoms with Gasteiger partial charge in [-0.1, -0.05) is 11.8 Å². The van der Waals surface area contributed by atoms with E-state index in [0.29, 0.717) is 13.0 Å². The van der Waals surface area contributed by atoms with Gasteiger partial charge >= 0.3 is 0 Å². The largest absolute Gasteiger partial charge is 0.396 e. The fraction of sp³-hybridized carbons (Fsp3) is 0.667. The molecule has 0 spiro atoms. The summed E-state index contributed by atoms with van der Waals surface area (Å²) in [5, 5.41) is 8.25. The van der Waals surface area contributed by atoms with Gasteiger partial charge in [0.2, 0.25) is 5.91 Å². The second kappa shape index (κ2) is 3.73. The van der Waals surface area contributed by atoms with Gasteiger partial charge < -0.3 is 5.11 Å². The van der Waals surface area contributed by atoms with E-state index in [9.17, 15) is 9.59 Å². The minimum absolute atomic E-state index is 0.0156. The normalized spacial score (nSPS) is 18.1. The molecule has 0 aromatic heterocycles. The Kier molecular flexibility index (Phi) is 2.90. The zero-order chi connectivity index (χ0) is 8.27. The third kappa shape index (κ3) is 1.94. The van der Waals surface area contributed by atoms with Crippen LogP contribution in [-0.2, 0) is 4.79 Å². The number of carbonyl (C=O) groups is 2. The Morgan fingerprint density at radius 2 is 2.27 bits per heavy atom. The molecular weight excluding hydrogens is 166 g/mol. The number of rotatable bonds is 3. The van der Waals surface area contributed by atoms with Crippen LogP contribution in [0.5, 0.6) is 0 Å². The summed E-state index contributed by atoms with van der Waals surface area (Å²) in [6.07, 6.45) is 0.470. The van der Waals surface area contributed by atoms with Crippen LogP contribution < -0.4 is 0 Å². The Bertz CT molecular complexity index is 167. The summed E-state index contributed by atoms with van der Waals surface area (Å²) in [5.74, 6) is 0.109. The van der Waals surface area contributed by atoms with Crippen molar-refractivity contribution in [3.63, 3.8) is 0 Å². The monoisotopic (exact) mass is 175 g/mol. The zero-order valence-electron chi connectivity index (χ0n) is 5.95. The van der Waals surface area contributed by atoms with Gasteiger partial charge in [0.25, 0.3) is 5.24 Å². The highest BCUT2D eigenvalue weighted by Gasteiger charge is 2.28. The lowest BCUT2D eigenvalue weighted by Gasteiger charge is -2.10. The summed E-state index contributed by atoms with van der Waals surface area (Å²) in [7, 11) is 0. The Hall–Kier alpha value is -0.550. The van der Waals surface area contributed by atoms with Crippen LogP contribution in [0.4, 0.5) is 4.79 Å². The van der Waals surface area contributed by atoms with Crippen LogP contribution >= 0.6 is 11.8 Å². The second-order valence-corrected chi connectivity index (χ2v) is 3.10. The minimum atomic E-state index is -0.191. The average Bonchev–Trinajstić information content (AvgIpc) is 2.29. The Morgan fingerprint density at radius 1 is 1.55 bits per heavy atom. The summed E-state index contributed by atoms with van der Waals surface area (Å²) >= 11 is 1.02. The standard InChI is InChI=1S/C6H9NO3S/c8-3-1-2-7-5(9)4-11-6(7)10/h8H,1-4H2. The first-order valence-corrected chi connectivity index (χ1v) is 4.32. The Morgan fingerprint density at radius 3 is 2.73 bits per heavy atom. The number of aliphatic hydroxyl groups excluding tert-OH is 1. The van der Waals surface area contributed by atoms with Crippen LogP contribution in [0.15, 0.2) is 0 Å². The van der Waals surface area contributed by atoms with E-state index < -0.39 is 0 Å². The SMILES string of the molecule is O=C1CSC(=O)N1CCCO. The topological polar surface area (TPSA) is 57.6 Å². The molecule has 62 valence electrons. The molecule has 0 aromatic carbocycles. The molecule has 0 saturated carbocycles. The lowest BCUT2D eigenvalue weighted by atomic mass is 10.4. The highest BCUT2D eigenvalue weighted by atomic mass is 32.2. The smallest absolute Gasteiger partial charge is 0.288 e. The molecule has 0 atom stereocenters. The maximum atomic E-state index is 10.9. The lowest BCUT2D eigenvalue weighted by Crippen LogP contribution is -2.29. The molecule has 1 aliphatic heterocycles. The highest BCUT2D eigenvalue weighted by Crippen LogP contribution is 2.18. The predicted octanol–water partition coefficient (Wildman–Crippen LogP) is 0.0642. The molecule has 1 N–H and O–H groups in total. The van der Waals surface area contributed by atoms with E-state index in [2.05, 4.69) is 0 Å². The van der Waals surface area contributed by atoms with Gasteiger partial charge in [-0.05, 0) is 6.42 Å². The molecule has 4 nitrogen and oxygen atoms in total. The van der Waals surface area contributed by atoms with Crippen molar-refractivity contribution in [2.24, 2.45) is 0 Å². The van der Waals surface area contributed by atoms with Gasteiger partial charge in [0.05, 0.1) is 5.75 Å². The lowest BCUT2D eigenvalue weighted by molar-refractivity contribution is -0.124.